The zero-order valence-corrected chi connectivity index (χ0v) is 19.4. The van der Waals surface area contributed by atoms with Crippen molar-refractivity contribution in [2.75, 3.05) is 31.7 Å². The highest BCUT2D eigenvalue weighted by atomic mass is 16.5. The maximum absolute atomic E-state index is 11.8. The second kappa shape index (κ2) is 10.8. The summed E-state index contributed by atoms with van der Waals surface area (Å²) in [4.78, 5) is 11.8. The Kier molecular flexibility index (Phi) is 7.56. The zero-order chi connectivity index (χ0) is 22.3. The van der Waals surface area contributed by atoms with E-state index < -0.39 is 0 Å². The van der Waals surface area contributed by atoms with Gasteiger partial charge in [-0.15, -0.1) is 0 Å². The molecule has 5 nitrogen and oxygen atoms in total. The average molecular weight is 438 g/mol. The molecule has 0 aromatic heterocycles. The van der Waals surface area contributed by atoms with Gasteiger partial charge in [0.15, 0.2) is 0 Å². The fraction of sp³-hybridized carbons (Fsp3) is 0.519. The smallest absolute Gasteiger partial charge is 0.306 e. The van der Waals surface area contributed by atoms with Crippen molar-refractivity contribution in [3.05, 3.63) is 52.6 Å². The Morgan fingerprint density at radius 1 is 1.09 bits per heavy atom. The van der Waals surface area contributed by atoms with Crippen molar-refractivity contribution in [2.45, 2.75) is 64.7 Å². The molecule has 172 valence electrons. The number of hydrogen-bond donors (Lipinski definition) is 1. The topological polar surface area (TPSA) is 56.8 Å². The highest BCUT2D eigenvalue weighted by Gasteiger charge is 2.25. The number of aryl methyl sites for hydroxylation is 1. The summed E-state index contributed by atoms with van der Waals surface area (Å²) in [6, 6.07) is 10.5. The number of rotatable bonds is 11. The van der Waals surface area contributed by atoms with Gasteiger partial charge in [-0.25, -0.2) is 0 Å². The number of esters is 1. The van der Waals surface area contributed by atoms with Crippen LogP contribution in [0, 0.1) is 0 Å². The third-order valence-corrected chi connectivity index (χ3v) is 6.43. The molecular weight excluding hydrogens is 402 g/mol. The Balaban J connectivity index is 1.25. The molecule has 0 saturated heterocycles. The monoisotopic (exact) mass is 437 g/mol. The van der Waals surface area contributed by atoms with Crippen molar-refractivity contribution in [1.82, 2.24) is 0 Å². The highest BCUT2D eigenvalue weighted by Crippen LogP contribution is 2.37. The second-order valence-electron chi connectivity index (χ2n) is 8.65. The molecule has 0 fully saturated rings. The van der Waals surface area contributed by atoms with Gasteiger partial charge in [0, 0.05) is 18.7 Å². The summed E-state index contributed by atoms with van der Waals surface area (Å²) < 4.78 is 17.3. The van der Waals surface area contributed by atoms with Crippen molar-refractivity contribution in [3.63, 3.8) is 0 Å². The first-order valence-corrected chi connectivity index (χ1v) is 12.1. The lowest BCUT2D eigenvalue weighted by Gasteiger charge is -2.15. The lowest BCUT2D eigenvalue weighted by Crippen LogP contribution is -2.09. The summed E-state index contributed by atoms with van der Waals surface area (Å²) >= 11 is 0. The van der Waals surface area contributed by atoms with Gasteiger partial charge in [0.05, 0.1) is 26.2 Å². The third kappa shape index (κ3) is 5.20. The zero-order valence-electron chi connectivity index (χ0n) is 19.4. The minimum atomic E-state index is -0.104. The van der Waals surface area contributed by atoms with E-state index in [4.69, 9.17) is 14.2 Å². The van der Waals surface area contributed by atoms with Crippen LogP contribution in [0.2, 0.25) is 0 Å². The van der Waals surface area contributed by atoms with E-state index in [9.17, 15) is 4.79 Å². The third-order valence-electron chi connectivity index (χ3n) is 6.43. The summed E-state index contributed by atoms with van der Waals surface area (Å²) in [5.41, 5.74) is 6.63. The molecule has 0 amide bonds. The number of carbonyl (C=O) groups excluding carboxylic acids is 1. The van der Waals surface area contributed by atoms with E-state index in [1.165, 1.54) is 27.9 Å². The number of fused-ring (bicyclic) bond motifs is 2. The molecule has 0 spiro atoms. The van der Waals surface area contributed by atoms with Crippen molar-refractivity contribution < 1.29 is 19.0 Å². The van der Waals surface area contributed by atoms with Crippen LogP contribution < -0.4 is 14.8 Å². The van der Waals surface area contributed by atoms with Gasteiger partial charge in [-0.1, -0.05) is 19.4 Å². The van der Waals surface area contributed by atoms with E-state index in [-0.39, 0.29) is 11.9 Å². The van der Waals surface area contributed by atoms with Crippen LogP contribution in [0.5, 0.6) is 11.5 Å². The predicted molar refractivity (Wildman–Crippen MR) is 127 cm³/mol. The molecule has 1 aliphatic carbocycles. The van der Waals surface area contributed by atoms with Crippen LogP contribution in [0.4, 0.5) is 5.69 Å². The fourth-order valence-electron chi connectivity index (χ4n) is 4.94. The molecule has 2 aromatic rings. The molecule has 0 saturated carbocycles. The summed E-state index contributed by atoms with van der Waals surface area (Å²) in [6.07, 6.45) is 6.57. The van der Waals surface area contributed by atoms with Gasteiger partial charge in [0.25, 0.3) is 0 Å². The molecule has 1 atom stereocenters. The molecular formula is C27H35NO4. The number of benzene rings is 2. The molecule has 1 heterocycles. The molecule has 2 aliphatic rings. The summed E-state index contributed by atoms with van der Waals surface area (Å²) in [6.45, 7) is 6.81. The Morgan fingerprint density at radius 3 is 2.81 bits per heavy atom. The first kappa shape index (κ1) is 22.5. The van der Waals surface area contributed by atoms with E-state index in [1.807, 2.05) is 13.0 Å². The maximum atomic E-state index is 11.8. The highest BCUT2D eigenvalue weighted by molar-refractivity contribution is 5.71. The van der Waals surface area contributed by atoms with Crippen LogP contribution in [-0.2, 0) is 28.8 Å². The SMILES string of the molecule is CCCc1c(OCCCOc2ccc3c(c2)CC[C@H]3CC(=O)OCC)ccc2c1CCN2. The van der Waals surface area contributed by atoms with Gasteiger partial charge in [-0.3, -0.25) is 4.79 Å². The first-order valence-electron chi connectivity index (χ1n) is 12.1. The number of anilines is 1. The van der Waals surface area contributed by atoms with E-state index in [2.05, 4.69) is 36.5 Å². The Bertz CT molecular complexity index is 939. The lowest BCUT2D eigenvalue weighted by atomic mass is 9.98. The Hall–Kier alpha value is -2.69. The van der Waals surface area contributed by atoms with Gasteiger partial charge >= 0.3 is 5.97 Å². The van der Waals surface area contributed by atoms with Crippen LogP contribution in [0.1, 0.15) is 67.7 Å². The Morgan fingerprint density at radius 2 is 1.97 bits per heavy atom. The van der Waals surface area contributed by atoms with Gasteiger partial charge in [-0.2, -0.15) is 0 Å². The number of hydrogen-bond acceptors (Lipinski definition) is 5. The molecule has 2 aromatic carbocycles. The van der Waals surface area contributed by atoms with E-state index in [0.29, 0.717) is 26.2 Å². The van der Waals surface area contributed by atoms with Crippen LogP contribution in [0.3, 0.4) is 0 Å². The van der Waals surface area contributed by atoms with E-state index >= 15 is 0 Å². The molecule has 0 radical (unpaired) electrons. The normalized spacial score (nSPS) is 16.2. The van der Waals surface area contributed by atoms with Crippen molar-refractivity contribution in [2.24, 2.45) is 0 Å². The molecule has 5 heteroatoms. The van der Waals surface area contributed by atoms with Crippen LogP contribution in [0.15, 0.2) is 30.3 Å². The van der Waals surface area contributed by atoms with Crippen LogP contribution in [0.25, 0.3) is 0 Å². The van der Waals surface area contributed by atoms with Crippen LogP contribution in [-0.4, -0.2) is 32.3 Å². The first-order chi connectivity index (χ1) is 15.7. The van der Waals surface area contributed by atoms with E-state index in [0.717, 1.165) is 56.6 Å². The summed E-state index contributed by atoms with van der Waals surface area (Å²) in [5, 5.41) is 3.46. The van der Waals surface area contributed by atoms with Gasteiger partial charge in [0.1, 0.15) is 11.5 Å². The van der Waals surface area contributed by atoms with Gasteiger partial charge in [0.2, 0.25) is 0 Å². The van der Waals surface area contributed by atoms with Gasteiger partial charge < -0.3 is 19.5 Å². The maximum Gasteiger partial charge on any atom is 0.306 e. The molecule has 4 rings (SSSR count). The van der Waals surface area contributed by atoms with Gasteiger partial charge in [-0.05, 0) is 85.0 Å². The molecule has 1 aliphatic heterocycles. The molecule has 32 heavy (non-hydrogen) atoms. The predicted octanol–water partition coefficient (Wildman–Crippen LogP) is 5.44. The average Bonchev–Trinajstić information content (AvgIpc) is 3.42. The van der Waals surface area contributed by atoms with E-state index in [1.54, 1.807) is 0 Å². The number of nitrogens with one attached hydrogen (secondary N) is 1. The quantitative estimate of drug-likeness (QED) is 0.375. The largest absolute Gasteiger partial charge is 0.493 e. The molecule has 1 N–H and O–H groups in total. The second-order valence-corrected chi connectivity index (χ2v) is 8.65. The van der Waals surface area contributed by atoms with Crippen molar-refractivity contribution in [1.29, 1.82) is 0 Å². The fourth-order valence-corrected chi connectivity index (χ4v) is 4.94. The van der Waals surface area contributed by atoms with Crippen molar-refractivity contribution >= 4 is 11.7 Å². The summed E-state index contributed by atoms with van der Waals surface area (Å²) in [7, 11) is 0. The summed E-state index contributed by atoms with van der Waals surface area (Å²) in [5.74, 6) is 2.09. The standard InChI is InChI=1S/C27H35NO4/c1-3-6-24-23-13-14-28-25(23)11-12-26(24)32-16-5-15-31-21-9-10-22-19(17-21)7-8-20(22)18-27(29)30-4-2/h9-12,17,20,28H,3-8,13-16,18H2,1-2H3/t20-/m0/s1. The lowest BCUT2D eigenvalue weighted by molar-refractivity contribution is -0.143. The molecule has 0 bridgehead atoms. The minimum absolute atomic E-state index is 0.104. The Labute approximate surface area is 191 Å². The van der Waals surface area contributed by atoms with Crippen molar-refractivity contribution in [3.8, 4) is 11.5 Å². The number of ether oxygens (including phenoxy) is 3. The van der Waals surface area contributed by atoms with Crippen LogP contribution >= 0.6 is 0 Å². The minimum Gasteiger partial charge on any atom is -0.493 e. The molecule has 0 unspecified atom stereocenters. The number of carbonyl (C=O) groups is 1.